The van der Waals surface area contributed by atoms with Crippen LogP contribution in [0.1, 0.15) is 50.7 Å². The van der Waals surface area contributed by atoms with Gasteiger partial charge in [-0.1, -0.05) is 6.42 Å². The number of aromatic nitrogens is 3. The lowest BCUT2D eigenvalue weighted by atomic mass is 9.66. The van der Waals surface area contributed by atoms with Crippen molar-refractivity contribution in [1.82, 2.24) is 24.2 Å². The van der Waals surface area contributed by atoms with Gasteiger partial charge in [-0.15, -0.1) is 0 Å². The Hall–Kier alpha value is -3.30. The normalized spacial score (nSPS) is 27.7. The van der Waals surface area contributed by atoms with E-state index in [0.717, 1.165) is 43.0 Å². The van der Waals surface area contributed by atoms with Crippen molar-refractivity contribution in [2.24, 2.45) is 0 Å². The van der Waals surface area contributed by atoms with Crippen molar-refractivity contribution in [2.75, 3.05) is 43.0 Å². The molecule has 1 aliphatic carbocycles. The number of rotatable bonds is 3. The van der Waals surface area contributed by atoms with Gasteiger partial charge in [-0.3, -0.25) is 4.79 Å². The third kappa shape index (κ3) is 3.66. The Morgan fingerprint density at radius 3 is 2.55 bits per heavy atom. The number of sulfonamides is 1. The van der Waals surface area contributed by atoms with Crippen LogP contribution in [0.15, 0.2) is 24.7 Å². The fourth-order valence-corrected chi connectivity index (χ4v) is 8.10. The van der Waals surface area contributed by atoms with Crippen LogP contribution in [0.25, 0.3) is 0 Å². The fourth-order valence-electron chi connectivity index (χ4n) is 6.51. The number of hydrogen-bond donors (Lipinski definition) is 0. The van der Waals surface area contributed by atoms with Gasteiger partial charge in [0.05, 0.1) is 11.6 Å². The van der Waals surface area contributed by atoms with Crippen molar-refractivity contribution < 1.29 is 13.2 Å². The van der Waals surface area contributed by atoms with E-state index < -0.39 is 15.3 Å². The summed E-state index contributed by atoms with van der Waals surface area (Å²) < 4.78 is 26.7. The maximum atomic E-state index is 13.4. The van der Waals surface area contributed by atoms with Crippen LogP contribution in [0.5, 0.6) is 0 Å². The molecule has 2 saturated heterocycles. The summed E-state index contributed by atoms with van der Waals surface area (Å²) in [6.07, 6.45) is 6.77. The Kier molecular flexibility index (Phi) is 5.84. The summed E-state index contributed by atoms with van der Waals surface area (Å²) in [5.74, 6) is 2.12. The van der Waals surface area contributed by atoms with E-state index in [1.165, 1.54) is 11.4 Å². The second kappa shape index (κ2) is 8.88. The van der Waals surface area contributed by atoms with Crippen molar-refractivity contribution >= 4 is 33.4 Å². The number of piperazine rings is 1. The summed E-state index contributed by atoms with van der Waals surface area (Å²) in [5, 5.41) is 8.41. The van der Waals surface area contributed by atoms with Crippen LogP contribution < -0.4 is 9.80 Å². The Labute approximate surface area is 223 Å². The summed E-state index contributed by atoms with van der Waals surface area (Å²) in [6, 6.07) is 5.47. The molecule has 1 spiro atoms. The Morgan fingerprint density at radius 1 is 1.13 bits per heavy atom. The van der Waals surface area contributed by atoms with Crippen LogP contribution in [0.2, 0.25) is 0 Å². The standard InChI is InChI=1S/C26H32N8O3S/c1-17-14-33(25(35)20-6-10-31(3)38(20,36)37)18(2)13-32(17)23-22-24(30-16-29-23)34(15-26(22)7-4-8-26)21-11-19(12-27)5-9-28-21/h5,9,11,16-18,20H,4,6-8,10,13-15H2,1-3H3/t17-,18+,20-/m0/s1. The highest BCUT2D eigenvalue weighted by Crippen LogP contribution is 2.56. The number of carbonyl (C=O) groups excluding carboxylic acids is 1. The van der Waals surface area contributed by atoms with Gasteiger partial charge in [-0.25, -0.2) is 27.7 Å². The monoisotopic (exact) mass is 536 g/mol. The number of carbonyl (C=O) groups is 1. The van der Waals surface area contributed by atoms with Gasteiger partial charge in [0.25, 0.3) is 0 Å². The van der Waals surface area contributed by atoms with Crippen LogP contribution in [-0.4, -0.2) is 89.0 Å². The molecule has 3 aliphatic heterocycles. The predicted octanol–water partition coefficient (Wildman–Crippen LogP) is 1.78. The predicted molar refractivity (Wildman–Crippen MR) is 141 cm³/mol. The highest BCUT2D eigenvalue weighted by molar-refractivity contribution is 7.90. The number of amides is 1. The molecule has 1 saturated carbocycles. The second-order valence-corrected chi connectivity index (χ2v) is 13.3. The van der Waals surface area contributed by atoms with E-state index in [-0.39, 0.29) is 23.4 Å². The van der Waals surface area contributed by atoms with E-state index in [9.17, 15) is 18.5 Å². The molecule has 0 unspecified atom stereocenters. The number of pyridine rings is 1. The van der Waals surface area contributed by atoms with Gasteiger partial charge in [-0.05, 0) is 45.2 Å². The third-order valence-electron chi connectivity index (χ3n) is 8.83. The first kappa shape index (κ1) is 25.0. The number of anilines is 3. The zero-order valence-corrected chi connectivity index (χ0v) is 22.7. The zero-order valence-electron chi connectivity index (χ0n) is 21.9. The van der Waals surface area contributed by atoms with Gasteiger partial charge in [0.2, 0.25) is 15.9 Å². The molecule has 3 fully saturated rings. The molecule has 38 heavy (non-hydrogen) atoms. The smallest absolute Gasteiger partial charge is 0.242 e. The van der Waals surface area contributed by atoms with Gasteiger partial charge in [0.1, 0.15) is 23.8 Å². The molecule has 0 bridgehead atoms. The molecule has 0 radical (unpaired) electrons. The van der Waals surface area contributed by atoms with Crippen molar-refractivity contribution in [3.05, 3.63) is 35.8 Å². The van der Waals surface area contributed by atoms with Gasteiger partial charge in [-0.2, -0.15) is 5.26 Å². The highest BCUT2D eigenvalue weighted by Gasteiger charge is 2.52. The minimum atomic E-state index is -3.60. The molecule has 5 heterocycles. The topological polar surface area (TPSA) is 127 Å². The first-order valence-corrected chi connectivity index (χ1v) is 14.7. The molecular formula is C26H32N8O3S. The second-order valence-electron chi connectivity index (χ2n) is 11.1. The summed E-state index contributed by atoms with van der Waals surface area (Å²) in [7, 11) is -2.07. The third-order valence-corrected chi connectivity index (χ3v) is 11.0. The lowest BCUT2D eigenvalue weighted by Crippen LogP contribution is -2.61. The van der Waals surface area contributed by atoms with E-state index in [4.69, 9.17) is 9.97 Å². The molecule has 1 amide bonds. The van der Waals surface area contributed by atoms with E-state index >= 15 is 0 Å². The van der Waals surface area contributed by atoms with Crippen LogP contribution >= 0.6 is 0 Å². The Balaban J connectivity index is 1.32. The first-order chi connectivity index (χ1) is 18.2. The quantitative estimate of drug-likeness (QED) is 0.577. The largest absolute Gasteiger partial charge is 0.350 e. The molecule has 12 heteroatoms. The minimum absolute atomic E-state index is 0.0535. The maximum absolute atomic E-state index is 13.4. The first-order valence-electron chi connectivity index (χ1n) is 13.2. The van der Waals surface area contributed by atoms with E-state index in [2.05, 4.69) is 27.8 Å². The van der Waals surface area contributed by atoms with Crippen LogP contribution in [-0.2, 0) is 20.2 Å². The van der Waals surface area contributed by atoms with Crippen molar-refractivity contribution in [3.8, 4) is 6.07 Å². The Bertz CT molecular complexity index is 1440. The molecule has 4 aliphatic rings. The summed E-state index contributed by atoms with van der Waals surface area (Å²) in [4.78, 5) is 33.5. The fraction of sp³-hybridized carbons (Fsp3) is 0.577. The van der Waals surface area contributed by atoms with Gasteiger partial charge < -0.3 is 14.7 Å². The van der Waals surface area contributed by atoms with E-state index in [0.29, 0.717) is 37.4 Å². The molecule has 0 aromatic carbocycles. The van der Waals surface area contributed by atoms with Crippen LogP contribution in [0, 0.1) is 11.3 Å². The molecule has 0 N–H and O–H groups in total. The maximum Gasteiger partial charge on any atom is 0.242 e. The van der Waals surface area contributed by atoms with Crippen LogP contribution in [0.3, 0.4) is 0 Å². The van der Waals surface area contributed by atoms with E-state index in [1.54, 1.807) is 29.6 Å². The summed E-state index contributed by atoms with van der Waals surface area (Å²) in [5.41, 5.74) is 1.60. The van der Waals surface area contributed by atoms with Crippen molar-refractivity contribution in [3.63, 3.8) is 0 Å². The molecule has 2 aromatic rings. The molecular weight excluding hydrogens is 504 g/mol. The van der Waals surface area contributed by atoms with Crippen LogP contribution in [0.4, 0.5) is 17.5 Å². The molecule has 6 rings (SSSR count). The zero-order chi connectivity index (χ0) is 26.8. The number of hydrogen-bond acceptors (Lipinski definition) is 9. The number of fused-ring (bicyclic) bond motifs is 2. The Morgan fingerprint density at radius 2 is 1.89 bits per heavy atom. The lowest BCUT2D eigenvalue weighted by Gasteiger charge is -2.47. The van der Waals surface area contributed by atoms with Gasteiger partial charge >= 0.3 is 0 Å². The van der Waals surface area contributed by atoms with Crippen molar-refractivity contribution in [2.45, 2.75) is 62.3 Å². The molecule has 200 valence electrons. The molecule has 3 atom stereocenters. The number of nitriles is 1. The lowest BCUT2D eigenvalue weighted by molar-refractivity contribution is -0.133. The highest BCUT2D eigenvalue weighted by atomic mass is 32.2. The van der Waals surface area contributed by atoms with Gasteiger partial charge in [0.15, 0.2) is 5.25 Å². The average Bonchev–Trinajstić information content (AvgIpc) is 3.39. The SMILES string of the molecule is C[C@@H]1CN(c2ncnc3c2C2(CCC2)CN3c2cc(C#N)ccn2)[C@@H](C)CN1C(=O)[C@@H]1CCN(C)S1(=O)=O. The summed E-state index contributed by atoms with van der Waals surface area (Å²) >= 11 is 0. The average molecular weight is 537 g/mol. The number of nitrogens with zero attached hydrogens (tertiary/aromatic N) is 8. The molecule has 11 nitrogen and oxygen atoms in total. The van der Waals surface area contributed by atoms with Gasteiger partial charge in [0, 0.05) is 62.5 Å². The van der Waals surface area contributed by atoms with E-state index in [1.807, 2.05) is 6.92 Å². The van der Waals surface area contributed by atoms with Crippen molar-refractivity contribution in [1.29, 1.82) is 5.26 Å². The molecule has 2 aromatic heterocycles. The minimum Gasteiger partial charge on any atom is -0.350 e. The summed E-state index contributed by atoms with van der Waals surface area (Å²) in [6.45, 7) is 6.14.